The molecular weight excluding hydrogens is 402 g/mol. The number of hydrogen-bond acceptors (Lipinski definition) is 3. The Morgan fingerprint density at radius 1 is 1.17 bits per heavy atom. The Bertz CT molecular complexity index is 976. The summed E-state index contributed by atoms with van der Waals surface area (Å²) in [6.07, 6.45) is 0.145. The number of nitrogens with one attached hydrogen (secondary N) is 1. The molecule has 1 heterocycles. The Labute approximate surface area is 181 Å². The topological polar surface area (TPSA) is 69.7 Å². The molecule has 7 heteroatoms. The van der Waals surface area contributed by atoms with Crippen LogP contribution in [-0.2, 0) is 20.9 Å². The smallest absolute Gasteiger partial charge is 0.243 e. The second-order valence-corrected chi connectivity index (χ2v) is 8.16. The lowest BCUT2D eigenvalue weighted by Crippen LogP contribution is -2.39. The first-order valence-corrected chi connectivity index (χ1v) is 10.3. The van der Waals surface area contributed by atoms with E-state index in [4.69, 9.17) is 11.6 Å². The maximum atomic E-state index is 12.8. The summed E-state index contributed by atoms with van der Waals surface area (Å²) in [4.78, 5) is 40.6. The van der Waals surface area contributed by atoms with E-state index in [-0.39, 0.29) is 30.7 Å². The molecule has 1 aliphatic rings. The Balaban J connectivity index is 1.57. The van der Waals surface area contributed by atoms with E-state index in [0.29, 0.717) is 18.1 Å². The number of anilines is 1. The zero-order valence-corrected chi connectivity index (χ0v) is 18.2. The van der Waals surface area contributed by atoms with Crippen molar-refractivity contribution in [1.82, 2.24) is 9.80 Å². The van der Waals surface area contributed by atoms with Gasteiger partial charge in [0.25, 0.3) is 0 Å². The predicted molar refractivity (Wildman–Crippen MR) is 117 cm³/mol. The molecule has 0 spiro atoms. The van der Waals surface area contributed by atoms with Crippen LogP contribution < -0.4 is 5.32 Å². The van der Waals surface area contributed by atoms with E-state index in [9.17, 15) is 14.4 Å². The van der Waals surface area contributed by atoms with Crippen molar-refractivity contribution in [3.05, 3.63) is 64.2 Å². The summed E-state index contributed by atoms with van der Waals surface area (Å²) >= 11 is 6.19. The van der Waals surface area contributed by atoms with Crippen LogP contribution in [0.1, 0.15) is 23.1 Å². The molecular formula is C23H26ClN3O3. The van der Waals surface area contributed by atoms with Crippen LogP contribution in [0.4, 0.5) is 5.69 Å². The minimum Gasteiger partial charge on any atom is -0.337 e. The molecule has 2 aromatic rings. The fourth-order valence-corrected chi connectivity index (χ4v) is 3.80. The number of nitrogens with zero attached hydrogens (tertiary/aromatic N) is 2. The van der Waals surface area contributed by atoms with Crippen LogP contribution in [0.25, 0.3) is 0 Å². The maximum absolute atomic E-state index is 12.8. The average molecular weight is 428 g/mol. The van der Waals surface area contributed by atoms with Gasteiger partial charge in [0, 0.05) is 37.3 Å². The van der Waals surface area contributed by atoms with Crippen molar-refractivity contribution in [3.8, 4) is 0 Å². The van der Waals surface area contributed by atoms with Crippen LogP contribution in [0, 0.1) is 19.8 Å². The van der Waals surface area contributed by atoms with Gasteiger partial charge in [-0.15, -0.1) is 0 Å². The third-order valence-corrected chi connectivity index (χ3v) is 5.89. The molecule has 2 aromatic carbocycles. The van der Waals surface area contributed by atoms with Gasteiger partial charge in [-0.2, -0.15) is 0 Å². The second-order valence-electron chi connectivity index (χ2n) is 7.76. The van der Waals surface area contributed by atoms with Gasteiger partial charge in [-0.1, -0.05) is 41.9 Å². The van der Waals surface area contributed by atoms with Crippen LogP contribution in [0.2, 0.25) is 5.02 Å². The molecule has 0 saturated carbocycles. The lowest BCUT2D eigenvalue weighted by atomic mass is 10.1. The lowest BCUT2D eigenvalue weighted by molar-refractivity contribution is -0.137. The highest BCUT2D eigenvalue weighted by Crippen LogP contribution is 2.25. The quantitative estimate of drug-likeness (QED) is 0.768. The number of carbonyl (C=O) groups is 3. The molecule has 1 N–H and O–H groups in total. The van der Waals surface area contributed by atoms with Gasteiger partial charge in [0.15, 0.2) is 0 Å². The van der Waals surface area contributed by atoms with Gasteiger partial charge in [-0.25, -0.2) is 0 Å². The van der Waals surface area contributed by atoms with Gasteiger partial charge in [-0.05, 0) is 42.7 Å². The summed E-state index contributed by atoms with van der Waals surface area (Å²) in [5.74, 6) is -1.02. The van der Waals surface area contributed by atoms with Crippen LogP contribution in [0.3, 0.4) is 0 Å². The number of hydrogen-bond donors (Lipinski definition) is 1. The van der Waals surface area contributed by atoms with Crippen molar-refractivity contribution < 1.29 is 14.4 Å². The number of amides is 3. The van der Waals surface area contributed by atoms with E-state index in [1.54, 1.807) is 18.0 Å². The Kier molecular flexibility index (Phi) is 6.77. The van der Waals surface area contributed by atoms with E-state index < -0.39 is 5.92 Å². The van der Waals surface area contributed by atoms with Gasteiger partial charge in [0.2, 0.25) is 17.7 Å². The summed E-state index contributed by atoms with van der Waals surface area (Å²) < 4.78 is 0. The number of benzene rings is 2. The molecule has 158 valence electrons. The van der Waals surface area contributed by atoms with E-state index in [1.165, 1.54) is 4.90 Å². The first-order chi connectivity index (χ1) is 14.3. The van der Waals surface area contributed by atoms with E-state index in [2.05, 4.69) is 5.32 Å². The molecule has 1 aliphatic heterocycles. The van der Waals surface area contributed by atoms with Crippen molar-refractivity contribution in [2.75, 3.05) is 25.5 Å². The van der Waals surface area contributed by atoms with Crippen molar-refractivity contribution in [2.45, 2.75) is 26.8 Å². The normalized spacial score (nSPS) is 15.9. The molecule has 0 radical (unpaired) electrons. The van der Waals surface area contributed by atoms with Crippen LogP contribution >= 0.6 is 11.6 Å². The van der Waals surface area contributed by atoms with Gasteiger partial charge in [-0.3, -0.25) is 14.4 Å². The SMILES string of the molecule is Cc1cccc(NC(=O)CN(C)C(=O)[C@@H]2CC(=O)N(Cc3ccccc3Cl)C2)c1C. The van der Waals surface area contributed by atoms with Crippen molar-refractivity contribution in [2.24, 2.45) is 5.92 Å². The molecule has 0 bridgehead atoms. The summed E-state index contributed by atoms with van der Waals surface area (Å²) in [5.41, 5.74) is 3.67. The van der Waals surface area contributed by atoms with Crippen molar-refractivity contribution in [3.63, 3.8) is 0 Å². The Morgan fingerprint density at radius 3 is 2.63 bits per heavy atom. The number of rotatable bonds is 6. The van der Waals surface area contributed by atoms with E-state index in [1.807, 2.05) is 50.2 Å². The molecule has 0 aromatic heterocycles. The third-order valence-electron chi connectivity index (χ3n) is 5.52. The zero-order chi connectivity index (χ0) is 21.8. The largest absolute Gasteiger partial charge is 0.337 e. The summed E-state index contributed by atoms with van der Waals surface area (Å²) in [6.45, 7) is 4.55. The van der Waals surface area contributed by atoms with E-state index in [0.717, 1.165) is 22.4 Å². The molecule has 30 heavy (non-hydrogen) atoms. The highest BCUT2D eigenvalue weighted by molar-refractivity contribution is 6.31. The van der Waals surface area contributed by atoms with Crippen molar-refractivity contribution in [1.29, 1.82) is 0 Å². The lowest BCUT2D eigenvalue weighted by Gasteiger charge is -2.21. The third kappa shape index (κ3) is 5.00. The van der Waals surface area contributed by atoms with Gasteiger partial charge in [0.1, 0.15) is 0 Å². The Hall–Kier alpha value is -2.86. The number of carbonyl (C=O) groups excluding carboxylic acids is 3. The van der Waals surface area contributed by atoms with Gasteiger partial charge >= 0.3 is 0 Å². The second kappa shape index (κ2) is 9.30. The molecule has 1 atom stereocenters. The first kappa shape index (κ1) is 21.8. The van der Waals surface area contributed by atoms with Crippen LogP contribution in [0.5, 0.6) is 0 Å². The zero-order valence-electron chi connectivity index (χ0n) is 17.4. The number of aryl methyl sites for hydroxylation is 1. The molecule has 6 nitrogen and oxygen atoms in total. The highest BCUT2D eigenvalue weighted by Gasteiger charge is 2.36. The number of likely N-dealkylation sites (N-methyl/N-ethyl adjacent to an activating group) is 1. The number of halogens is 1. The first-order valence-electron chi connectivity index (χ1n) is 9.88. The fraction of sp³-hybridized carbons (Fsp3) is 0.348. The summed E-state index contributed by atoms with van der Waals surface area (Å²) in [6, 6.07) is 13.0. The van der Waals surface area contributed by atoms with Crippen LogP contribution in [-0.4, -0.2) is 47.7 Å². The summed E-state index contributed by atoms with van der Waals surface area (Å²) in [5, 5.41) is 3.46. The average Bonchev–Trinajstić information content (AvgIpc) is 3.07. The molecule has 0 unspecified atom stereocenters. The van der Waals surface area contributed by atoms with Crippen LogP contribution in [0.15, 0.2) is 42.5 Å². The minimum absolute atomic E-state index is 0.0680. The van der Waals surface area contributed by atoms with E-state index >= 15 is 0 Å². The summed E-state index contributed by atoms with van der Waals surface area (Å²) in [7, 11) is 1.59. The van der Waals surface area contributed by atoms with Gasteiger partial charge < -0.3 is 15.1 Å². The fourth-order valence-electron chi connectivity index (χ4n) is 3.60. The maximum Gasteiger partial charge on any atom is 0.243 e. The Morgan fingerprint density at radius 2 is 1.90 bits per heavy atom. The standard InChI is InChI=1S/C23H26ClN3O3/c1-15-7-6-10-20(16(15)2)25-21(28)14-26(3)23(30)18-11-22(29)27(13-18)12-17-8-4-5-9-19(17)24/h4-10,18H,11-14H2,1-3H3,(H,25,28)/t18-/m1/s1. The molecule has 3 amide bonds. The number of likely N-dealkylation sites (tertiary alicyclic amines) is 1. The molecule has 1 fully saturated rings. The molecule has 3 rings (SSSR count). The monoisotopic (exact) mass is 427 g/mol. The van der Waals surface area contributed by atoms with Crippen molar-refractivity contribution >= 4 is 35.0 Å². The molecule has 0 aliphatic carbocycles. The predicted octanol–water partition coefficient (Wildman–Crippen LogP) is 3.40. The van der Waals surface area contributed by atoms with Gasteiger partial charge in [0.05, 0.1) is 12.5 Å². The molecule has 1 saturated heterocycles. The highest BCUT2D eigenvalue weighted by atomic mass is 35.5. The minimum atomic E-state index is -0.460.